The fourth-order valence-electron chi connectivity index (χ4n) is 3.82. The molecule has 1 amide bonds. The van der Waals surface area contributed by atoms with Crippen molar-refractivity contribution in [3.8, 4) is 11.4 Å². The van der Waals surface area contributed by atoms with Crippen molar-refractivity contribution in [3.05, 3.63) is 41.5 Å². The van der Waals surface area contributed by atoms with Gasteiger partial charge in [0.1, 0.15) is 12.1 Å². The second-order valence-corrected chi connectivity index (χ2v) is 7.01. The van der Waals surface area contributed by atoms with Crippen molar-refractivity contribution in [2.45, 2.75) is 45.3 Å². The van der Waals surface area contributed by atoms with E-state index < -0.39 is 5.97 Å². The van der Waals surface area contributed by atoms with Crippen LogP contribution in [-0.2, 0) is 4.74 Å². The van der Waals surface area contributed by atoms with E-state index in [-0.39, 0.29) is 18.1 Å². The highest BCUT2D eigenvalue weighted by molar-refractivity contribution is 6.00. The highest BCUT2D eigenvalue weighted by Gasteiger charge is 2.40. The molecule has 0 saturated carbocycles. The van der Waals surface area contributed by atoms with Gasteiger partial charge in [-0.1, -0.05) is 6.92 Å². The molecule has 0 radical (unpaired) electrons. The van der Waals surface area contributed by atoms with Gasteiger partial charge in [-0.25, -0.2) is 9.78 Å². The Morgan fingerprint density at radius 2 is 2.22 bits per heavy atom. The molecule has 1 fully saturated rings. The van der Waals surface area contributed by atoms with Gasteiger partial charge < -0.3 is 14.4 Å². The molecule has 4 rings (SSSR count). The number of amides is 1. The zero-order valence-corrected chi connectivity index (χ0v) is 15.8. The van der Waals surface area contributed by atoms with E-state index in [9.17, 15) is 9.59 Å². The van der Waals surface area contributed by atoms with Crippen LogP contribution >= 0.6 is 0 Å². The van der Waals surface area contributed by atoms with Crippen molar-refractivity contribution in [1.82, 2.24) is 14.5 Å². The predicted octanol–water partition coefficient (Wildman–Crippen LogP) is 3.13. The van der Waals surface area contributed by atoms with Gasteiger partial charge in [-0.15, -0.1) is 0 Å². The van der Waals surface area contributed by atoms with E-state index in [1.807, 2.05) is 35.4 Å². The summed E-state index contributed by atoms with van der Waals surface area (Å²) in [7, 11) is 1.58. The van der Waals surface area contributed by atoms with E-state index in [1.165, 1.54) is 0 Å². The van der Waals surface area contributed by atoms with Gasteiger partial charge in [-0.3, -0.25) is 9.36 Å². The molecule has 1 aromatic heterocycles. The number of esters is 1. The zero-order valence-electron chi connectivity index (χ0n) is 15.8. The topological polar surface area (TPSA) is 73.7 Å². The standard InChI is InChI=1S/C20H23N3O4/c1-4-12(2)27-20(25)17-18-16-6-5-9-22(16)19(24)14-10-13(26-3)7-8-15(14)23(18)11-21-17/h7-8,10-12,16H,4-6,9H2,1-3H3. The minimum absolute atomic E-state index is 0.0451. The third kappa shape index (κ3) is 2.78. The first-order valence-electron chi connectivity index (χ1n) is 9.32. The van der Waals surface area contributed by atoms with Crippen LogP contribution in [0.3, 0.4) is 0 Å². The van der Waals surface area contributed by atoms with Crippen LogP contribution in [0.2, 0.25) is 0 Å². The van der Waals surface area contributed by atoms with Crippen LogP contribution in [0.1, 0.15) is 65.7 Å². The minimum atomic E-state index is -0.436. The maximum atomic E-state index is 13.2. The number of carbonyl (C=O) groups excluding carboxylic acids is 2. The van der Waals surface area contributed by atoms with Crippen LogP contribution < -0.4 is 4.74 Å². The van der Waals surface area contributed by atoms with Crippen LogP contribution in [0.5, 0.6) is 5.75 Å². The second kappa shape index (κ2) is 6.72. The number of ether oxygens (including phenoxy) is 2. The fourth-order valence-corrected chi connectivity index (χ4v) is 3.82. The smallest absolute Gasteiger partial charge is 0.359 e. The van der Waals surface area contributed by atoms with Crippen molar-refractivity contribution in [3.63, 3.8) is 0 Å². The molecule has 1 aromatic carbocycles. The molecule has 3 heterocycles. The van der Waals surface area contributed by atoms with E-state index in [0.29, 0.717) is 29.2 Å². The van der Waals surface area contributed by atoms with Crippen molar-refractivity contribution in [1.29, 1.82) is 0 Å². The second-order valence-electron chi connectivity index (χ2n) is 7.01. The van der Waals surface area contributed by atoms with Crippen LogP contribution in [0.4, 0.5) is 0 Å². The van der Waals surface area contributed by atoms with Crippen LogP contribution in [0.15, 0.2) is 24.5 Å². The zero-order chi connectivity index (χ0) is 19.1. The monoisotopic (exact) mass is 369 g/mol. The maximum absolute atomic E-state index is 13.2. The molecule has 2 aliphatic heterocycles. The summed E-state index contributed by atoms with van der Waals surface area (Å²) in [5.74, 6) is 0.142. The first-order chi connectivity index (χ1) is 13.0. The number of carbonyl (C=O) groups is 2. The quantitative estimate of drug-likeness (QED) is 0.774. The summed E-state index contributed by atoms with van der Waals surface area (Å²) in [5.41, 5.74) is 2.29. The van der Waals surface area contributed by atoms with Gasteiger partial charge in [0, 0.05) is 6.54 Å². The number of methoxy groups -OCH3 is 1. The molecule has 27 heavy (non-hydrogen) atoms. The molecule has 0 aliphatic carbocycles. The lowest BCUT2D eigenvalue weighted by molar-refractivity contribution is 0.0323. The summed E-state index contributed by atoms with van der Waals surface area (Å²) < 4.78 is 12.7. The van der Waals surface area contributed by atoms with E-state index in [2.05, 4.69) is 4.98 Å². The Bertz CT molecular complexity index is 905. The maximum Gasteiger partial charge on any atom is 0.359 e. The Hall–Kier alpha value is -2.83. The molecule has 2 unspecified atom stereocenters. The van der Waals surface area contributed by atoms with Gasteiger partial charge in [0.05, 0.1) is 36.2 Å². The van der Waals surface area contributed by atoms with Gasteiger partial charge in [0.25, 0.3) is 5.91 Å². The number of imidazole rings is 1. The van der Waals surface area contributed by atoms with Gasteiger partial charge in [-0.05, 0) is 44.4 Å². The molecule has 1 saturated heterocycles. The summed E-state index contributed by atoms with van der Waals surface area (Å²) in [4.78, 5) is 32.1. The number of benzene rings is 1. The summed E-state index contributed by atoms with van der Waals surface area (Å²) >= 11 is 0. The number of fused-ring (bicyclic) bond motifs is 5. The van der Waals surface area contributed by atoms with Gasteiger partial charge >= 0.3 is 5.97 Å². The average Bonchev–Trinajstić information content (AvgIpc) is 3.31. The Labute approximate surface area is 157 Å². The predicted molar refractivity (Wildman–Crippen MR) is 98.3 cm³/mol. The summed E-state index contributed by atoms with van der Waals surface area (Å²) in [6.07, 6.45) is 3.85. The fraction of sp³-hybridized carbons (Fsp3) is 0.450. The first-order valence-corrected chi connectivity index (χ1v) is 9.32. The van der Waals surface area contributed by atoms with Crippen LogP contribution in [0, 0.1) is 0 Å². The summed E-state index contributed by atoms with van der Waals surface area (Å²) in [5, 5.41) is 0. The number of rotatable bonds is 4. The largest absolute Gasteiger partial charge is 0.497 e. The molecule has 2 aliphatic rings. The lowest BCUT2D eigenvalue weighted by atomic mass is 10.1. The Balaban J connectivity index is 1.87. The molecule has 2 aromatic rings. The summed E-state index contributed by atoms with van der Waals surface area (Å²) in [6.45, 7) is 4.48. The molecule has 7 nitrogen and oxygen atoms in total. The third-order valence-corrected chi connectivity index (χ3v) is 5.40. The average molecular weight is 369 g/mol. The molecular formula is C20H23N3O4. The Kier molecular flexibility index (Phi) is 4.37. The molecular weight excluding hydrogens is 346 g/mol. The molecule has 0 bridgehead atoms. The molecule has 7 heteroatoms. The lowest BCUT2D eigenvalue weighted by Gasteiger charge is -2.23. The normalized spacial score (nSPS) is 19.0. The van der Waals surface area contributed by atoms with Crippen molar-refractivity contribution in [2.24, 2.45) is 0 Å². The van der Waals surface area contributed by atoms with Crippen LogP contribution in [-0.4, -0.2) is 46.1 Å². The number of hydrogen-bond acceptors (Lipinski definition) is 5. The van der Waals surface area contributed by atoms with Crippen LogP contribution in [0.25, 0.3) is 5.69 Å². The van der Waals surface area contributed by atoms with Gasteiger partial charge in [-0.2, -0.15) is 0 Å². The molecule has 142 valence electrons. The van der Waals surface area contributed by atoms with E-state index >= 15 is 0 Å². The van der Waals surface area contributed by atoms with Crippen molar-refractivity contribution < 1.29 is 19.1 Å². The Morgan fingerprint density at radius 3 is 2.96 bits per heavy atom. The summed E-state index contributed by atoms with van der Waals surface area (Å²) in [6, 6.07) is 5.21. The highest BCUT2D eigenvalue weighted by atomic mass is 16.5. The van der Waals surface area contributed by atoms with Gasteiger partial charge in [0.15, 0.2) is 5.69 Å². The SMILES string of the molecule is CCC(C)OC(=O)c1ncn2c1C1CCCN1C(=O)c1cc(OC)ccc1-2. The number of hydrogen-bond donors (Lipinski definition) is 0. The molecule has 2 atom stereocenters. The number of aromatic nitrogens is 2. The minimum Gasteiger partial charge on any atom is -0.497 e. The van der Waals surface area contributed by atoms with Crippen molar-refractivity contribution in [2.75, 3.05) is 13.7 Å². The highest BCUT2D eigenvalue weighted by Crippen LogP contribution is 2.40. The third-order valence-electron chi connectivity index (χ3n) is 5.40. The van der Waals surface area contributed by atoms with E-state index in [0.717, 1.165) is 25.0 Å². The van der Waals surface area contributed by atoms with E-state index in [1.54, 1.807) is 19.5 Å². The Morgan fingerprint density at radius 1 is 1.41 bits per heavy atom. The van der Waals surface area contributed by atoms with E-state index in [4.69, 9.17) is 9.47 Å². The molecule has 0 N–H and O–H groups in total. The van der Waals surface area contributed by atoms with Crippen molar-refractivity contribution >= 4 is 11.9 Å². The van der Waals surface area contributed by atoms with Gasteiger partial charge in [0.2, 0.25) is 0 Å². The number of nitrogens with zero attached hydrogens (tertiary/aromatic N) is 3. The molecule has 0 spiro atoms. The lowest BCUT2D eigenvalue weighted by Crippen LogP contribution is -2.30. The first kappa shape index (κ1) is 17.6.